The number of morpholine rings is 1. The van der Waals surface area contributed by atoms with Gasteiger partial charge in [-0.25, -0.2) is 0 Å². The average molecular weight is 321 g/mol. The quantitative estimate of drug-likeness (QED) is 0.788. The summed E-state index contributed by atoms with van der Waals surface area (Å²) in [4.78, 5) is 2.33. The summed E-state index contributed by atoms with van der Waals surface area (Å²) >= 11 is 7.02. The van der Waals surface area contributed by atoms with E-state index in [-0.39, 0.29) is 0 Å². The van der Waals surface area contributed by atoms with Crippen molar-refractivity contribution in [2.24, 2.45) is 0 Å². The van der Waals surface area contributed by atoms with Gasteiger partial charge in [-0.3, -0.25) is 0 Å². The summed E-state index contributed by atoms with van der Waals surface area (Å²) in [6.45, 7) is 3.59. The molecule has 0 radical (unpaired) electrons. The van der Waals surface area contributed by atoms with Gasteiger partial charge in [-0.15, -0.1) is 0 Å². The molecule has 1 saturated heterocycles. The van der Waals surface area contributed by atoms with Crippen LogP contribution in [0.15, 0.2) is 27.1 Å². The van der Waals surface area contributed by atoms with Crippen molar-refractivity contribution in [2.75, 3.05) is 31.2 Å². The highest BCUT2D eigenvalue weighted by Crippen LogP contribution is 2.29. The molecule has 0 aromatic heterocycles. The van der Waals surface area contributed by atoms with Crippen molar-refractivity contribution in [3.63, 3.8) is 0 Å². The maximum Gasteiger partial charge on any atom is 0.0642 e. The van der Waals surface area contributed by atoms with E-state index in [9.17, 15) is 0 Å². The Kier molecular flexibility index (Phi) is 3.47. The predicted molar refractivity (Wildman–Crippen MR) is 64.9 cm³/mol. The van der Waals surface area contributed by atoms with Crippen LogP contribution in [0.4, 0.5) is 5.69 Å². The van der Waals surface area contributed by atoms with E-state index in [1.165, 1.54) is 5.69 Å². The molecule has 4 heteroatoms. The summed E-state index contributed by atoms with van der Waals surface area (Å²) in [7, 11) is 0. The second kappa shape index (κ2) is 4.64. The van der Waals surface area contributed by atoms with Gasteiger partial charge in [0.2, 0.25) is 0 Å². The molecule has 14 heavy (non-hydrogen) atoms. The molecule has 0 amide bonds. The van der Waals surface area contributed by atoms with E-state index in [0.29, 0.717) is 0 Å². The largest absolute Gasteiger partial charge is 0.378 e. The summed E-state index contributed by atoms with van der Waals surface area (Å²) in [5, 5.41) is 0. The van der Waals surface area contributed by atoms with Crippen LogP contribution in [0.2, 0.25) is 0 Å². The van der Waals surface area contributed by atoms with Gasteiger partial charge in [0.05, 0.1) is 18.9 Å². The SMILES string of the molecule is Brc1ccc(N2CCOCC2)c(Br)c1. The summed E-state index contributed by atoms with van der Waals surface area (Å²) in [5.74, 6) is 0. The highest BCUT2D eigenvalue weighted by Gasteiger charge is 2.13. The Morgan fingerprint density at radius 3 is 2.50 bits per heavy atom. The Bertz CT molecular complexity index is 324. The van der Waals surface area contributed by atoms with E-state index < -0.39 is 0 Å². The van der Waals surface area contributed by atoms with Crippen molar-refractivity contribution in [2.45, 2.75) is 0 Å². The smallest absolute Gasteiger partial charge is 0.0642 e. The van der Waals surface area contributed by atoms with Crippen LogP contribution in [0.25, 0.3) is 0 Å². The summed E-state index contributed by atoms with van der Waals surface area (Å²) in [5.41, 5.74) is 1.25. The summed E-state index contributed by atoms with van der Waals surface area (Å²) in [6, 6.07) is 6.26. The van der Waals surface area contributed by atoms with Gasteiger partial charge in [0.25, 0.3) is 0 Å². The van der Waals surface area contributed by atoms with Crippen LogP contribution in [0.1, 0.15) is 0 Å². The fourth-order valence-corrected chi connectivity index (χ4v) is 2.84. The number of benzene rings is 1. The zero-order valence-electron chi connectivity index (χ0n) is 7.67. The van der Waals surface area contributed by atoms with Crippen molar-refractivity contribution in [3.05, 3.63) is 27.1 Å². The lowest BCUT2D eigenvalue weighted by atomic mass is 10.2. The normalized spacial score (nSPS) is 17.1. The first-order valence-corrected chi connectivity index (χ1v) is 6.14. The van der Waals surface area contributed by atoms with E-state index in [0.717, 1.165) is 35.2 Å². The van der Waals surface area contributed by atoms with Gasteiger partial charge in [-0.05, 0) is 34.1 Å². The van der Waals surface area contributed by atoms with Gasteiger partial charge in [-0.2, -0.15) is 0 Å². The molecule has 1 heterocycles. The highest BCUT2D eigenvalue weighted by atomic mass is 79.9. The molecule has 0 atom stereocenters. The second-order valence-corrected chi connectivity index (χ2v) is 4.97. The van der Waals surface area contributed by atoms with E-state index >= 15 is 0 Å². The zero-order chi connectivity index (χ0) is 9.97. The van der Waals surface area contributed by atoms with E-state index in [2.05, 4.69) is 55.0 Å². The first-order chi connectivity index (χ1) is 6.77. The van der Waals surface area contributed by atoms with Crippen LogP contribution < -0.4 is 4.90 Å². The minimum absolute atomic E-state index is 0.822. The number of halogens is 2. The fraction of sp³-hybridized carbons (Fsp3) is 0.400. The molecule has 0 bridgehead atoms. The second-order valence-electron chi connectivity index (χ2n) is 3.20. The van der Waals surface area contributed by atoms with Crippen molar-refractivity contribution in [1.82, 2.24) is 0 Å². The Balaban J connectivity index is 2.22. The first kappa shape index (κ1) is 10.5. The Morgan fingerprint density at radius 1 is 1.14 bits per heavy atom. The lowest BCUT2D eigenvalue weighted by molar-refractivity contribution is 0.122. The van der Waals surface area contributed by atoms with E-state index in [1.807, 2.05) is 0 Å². The fourth-order valence-electron chi connectivity index (χ4n) is 1.54. The maximum absolute atomic E-state index is 5.32. The predicted octanol–water partition coefficient (Wildman–Crippen LogP) is 3.05. The van der Waals surface area contributed by atoms with Gasteiger partial charge in [-0.1, -0.05) is 15.9 Å². The monoisotopic (exact) mass is 319 g/mol. The number of nitrogens with zero attached hydrogens (tertiary/aromatic N) is 1. The van der Waals surface area contributed by atoms with E-state index in [4.69, 9.17) is 4.74 Å². The van der Waals surface area contributed by atoms with Crippen LogP contribution in [0, 0.1) is 0 Å². The molecule has 1 aromatic rings. The highest BCUT2D eigenvalue weighted by molar-refractivity contribution is 9.11. The third kappa shape index (κ3) is 2.30. The minimum Gasteiger partial charge on any atom is -0.378 e. The van der Waals surface area contributed by atoms with E-state index in [1.54, 1.807) is 0 Å². The molecule has 2 nitrogen and oxygen atoms in total. The summed E-state index contributed by atoms with van der Waals surface area (Å²) < 4.78 is 7.55. The topological polar surface area (TPSA) is 12.5 Å². The lowest BCUT2D eigenvalue weighted by Gasteiger charge is -2.29. The molecular formula is C10H11Br2NO. The molecule has 1 aliphatic rings. The number of hydrogen-bond donors (Lipinski definition) is 0. The van der Waals surface area contributed by atoms with Crippen LogP contribution >= 0.6 is 31.9 Å². The molecule has 2 rings (SSSR count). The molecule has 1 aromatic carbocycles. The van der Waals surface area contributed by atoms with Crippen molar-refractivity contribution >= 4 is 37.5 Å². The Labute approximate surface area is 100 Å². The van der Waals surface area contributed by atoms with Crippen LogP contribution in [0.5, 0.6) is 0 Å². The number of rotatable bonds is 1. The summed E-state index contributed by atoms with van der Waals surface area (Å²) in [6.07, 6.45) is 0. The zero-order valence-corrected chi connectivity index (χ0v) is 10.8. The lowest BCUT2D eigenvalue weighted by Crippen LogP contribution is -2.36. The molecular weight excluding hydrogens is 310 g/mol. The molecule has 0 aliphatic carbocycles. The number of hydrogen-bond acceptors (Lipinski definition) is 2. The standard InChI is InChI=1S/C10H11Br2NO/c11-8-1-2-10(9(12)7-8)13-3-5-14-6-4-13/h1-2,7H,3-6H2. The number of ether oxygens (including phenoxy) is 1. The molecule has 0 unspecified atom stereocenters. The maximum atomic E-state index is 5.32. The van der Waals surface area contributed by atoms with Gasteiger partial charge in [0.1, 0.15) is 0 Å². The van der Waals surface area contributed by atoms with Gasteiger partial charge in [0, 0.05) is 22.0 Å². The van der Waals surface area contributed by atoms with Gasteiger partial charge < -0.3 is 9.64 Å². The van der Waals surface area contributed by atoms with Crippen molar-refractivity contribution < 1.29 is 4.74 Å². The molecule has 1 fully saturated rings. The van der Waals surface area contributed by atoms with Crippen molar-refractivity contribution in [1.29, 1.82) is 0 Å². The molecule has 1 aliphatic heterocycles. The average Bonchev–Trinajstić information content (AvgIpc) is 2.19. The van der Waals surface area contributed by atoms with Gasteiger partial charge >= 0.3 is 0 Å². The Morgan fingerprint density at radius 2 is 1.86 bits per heavy atom. The first-order valence-electron chi connectivity index (χ1n) is 4.55. The third-order valence-corrected chi connectivity index (χ3v) is 3.39. The molecule has 0 spiro atoms. The van der Waals surface area contributed by atoms with Crippen LogP contribution in [-0.4, -0.2) is 26.3 Å². The third-order valence-electron chi connectivity index (χ3n) is 2.26. The van der Waals surface area contributed by atoms with Crippen LogP contribution in [-0.2, 0) is 4.74 Å². The number of anilines is 1. The van der Waals surface area contributed by atoms with Gasteiger partial charge in [0.15, 0.2) is 0 Å². The van der Waals surface area contributed by atoms with Crippen LogP contribution in [0.3, 0.4) is 0 Å². The minimum atomic E-state index is 0.822. The molecule has 0 saturated carbocycles. The molecule has 76 valence electrons. The van der Waals surface area contributed by atoms with Crippen molar-refractivity contribution in [3.8, 4) is 0 Å². The Hall–Kier alpha value is -0.0600. The molecule has 0 N–H and O–H groups in total.